The molecule has 0 spiro atoms. The zero-order valence-corrected chi connectivity index (χ0v) is 11.5. The molecule has 0 aliphatic carbocycles. The average molecular weight is 285 g/mol. The van der Waals surface area contributed by atoms with Crippen LogP contribution in [0.2, 0.25) is 0 Å². The summed E-state index contributed by atoms with van der Waals surface area (Å²) in [5, 5.41) is 0. The van der Waals surface area contributed by atoms with E-state index in [-0.39, 0.29) is 4.90 Å². The quantitative estimate of drug-likeness (QED) is 0.636. The summed E-state index contributed by atoms with van der Waals surface area (Å²) in [6, 6.07) is 7.42. The van der Waals surface area contributed by atoms with Gasteiger partial charge in [0.2, 0.25) is 0 Å². The first-order valence-corrected chi connectivity index (χ1v) is 7.00. The van der Waals surface area contributed by atoms with Gasteiger partial charge < -0.3 is 4.90 Å². The minimum atomic E-state index is -4.00. The third kappa shape index (κ3) is 4.84. The smallest absolute Gasteiger partial charge is 0.294 e. The van der Waals surface area contributed by atoms with Gasteiger partial charge in [-0.3, -0.25) is 4.55 Å². The van der Waals surface area contributed by atoms with Crippen molar-refractivity contribution in [3.63, 3.8) is 0 Å². The molecule has 4 nitrogen and oxygen atoms in total. The highest BCUT2D eigenvalue weighted by atomic mass is 32.2. The second kappa shape index (κ2) is 6.49. The van der Waals surface area contributed by atoms with Gasteiger partial charge in [0.05, 0.1) is 4.90 Å². The van der Waals surface area contributed by atoms with Crippen LogP contribution in [0.25, 0.3) is 0 Å². The predicted molar refractivity (Wildman–Crippen MR) is 71.8 cm³/mol. The van der Waals surface area contributed by atoms with Crippen LogP contribution in [-0.4, -0.2) is 31.2 Å². The molecular formula is C13H16FNO3S. The van der Waals surface area contributed by atoms with Gasteiger partial charge in [-0.15, -0.1) is 0 Å². The summed E-state index contributed by atoms with van der Waals surface area (Å²) in [5.41, 5.74) is 0.764. The Hall–Kier alpha value is -1.66. The normalized spacial score (nSPS) is 18.4. The molecule has 1 unspecified atom stereocenters. The molecule has 0 bridgehead atoms. The molecule has 1 aromatic carbocycles. The molecule has 1 atom stereocenters. The van der Waals surface area contributed by atoms with E-state index >= 15 is 0 Å². The van der Waals surface area contributed by atoms with E-state index in [4.69, 9.17) is 4.55 Å². The molecule has 0 radical (unpaired) electrons. The third-order valence-corrected chi connectivity index (χ3v) is 3.32. The highest BCUT2D eigenvalue weighted by molar-refractivity contribution is 7.85. The van der Waals surface area contributed by atoms with Gasteiger partial charge in [-0.2, -0.15) is 8.42 Å². The standard InChI is InChI=1S/C7H10FN.C6H6O3S/c1-6-4-3-5-9(2)7(6)8;7-10(8,9)6-4-2-1-3-5-6/h3-5,7H,1-2H3;1-5H,(H,7,8,9). The van der Waals surface area contributed by atoms with Crippen molar-refractivity contribution in [2.24, 2.45) is 0 Å². The highest BCUT2D eigenvalue weighted by Crippen LogP contribution is 2.14. The first-order chi connectivity index (χ1) is 8.82. The molecule has 19 heavy (non-hydrogen) atoms. The molecule has 104 valence electrons. The van der Waals surface area contributed by atoms with E-state index < -0.39 is 16.4 Å². The number of likely N-dealkylation sites (N-methyl/N-ethyl adjacent to an activating group) is 1. The Morgan fingerprint density at radius 2 is 1.84 bits per heavy atom. The molecule has 1 heterocycles. The SMILES string of the molecule is CC1=CC=CN(C)C1F.O=S(=O)(O)c1ccccc1. The topological polar surface area (TPSA) is 57.6 Å². The van der Waals surface area contributed by atoms with Gasteiger partial charge in [-0.1, -0.05) is 24.3 Å². The summed E-state index contributed by atoms with van der Waals surface area (Å²) in [7, 11) is -2.28. The molecule has 0 saturated heterocycles. The minimum absolute atomic E-state index is 0.0741. The molecule has 1 aliphatic rings. The lowest BCUT2D eigenvalue weighted by molar-refractivity contribution is 0.194. The van der Waals surface area contributed by atoms with Crippen molar-refractivity contribution in [1.82, 2.24) is 4.90 Å². The Kier molecular flexibility index (Phi) is 5.26. The Morgan fingerprint density at radius 3 is 2.21 bits per heavy atom. The predicted octanol–water partition coefficient (Wildman–Crippen LogP) is 2.62. The van der Waals surface area contributed by atoms with Crippen LogP contribution >= 0.6 is 0 Å². The summed E-state index contributed by atoms with van der Waals surface area (Å²) in [5.74, 6) is 0. The van der Waals surface area contributed by atoms with Gasteiger partial charge in [0.1, 0.15) is 0 Å². The lowest BCUT2D eigenvalue weighted by Gasteiger charge is -2.22. The largest absolute Gasteiger partial charge is 0.348 e. The molecule has 0 aromatic heterocycles. The maximum atomic E-state index is 12.8. The Labute approximate surface area is 112 Å². The fourth-order valence-corrected chi connectivity index (χ4v) is 1.90. The maximum absolute atomic E-state index is 12.8. The van der Waals surface area contributed by atoms with E-state index in [1.807, 2.05) is 6.08 Å². The summed E-state index contributed by atoms with van der Waals surface area (Å²) >= 11 is 0. The fourth-order valence-electron chi connectivity index (χ4n) is 1.40. The van der Waals surface area contributed by atoms with E-state index in [0.717, 1.165) is 5.57 Å². The van der Waals surface area contributed by atoms with Crippen LogP contribution in [0.15, 0.2) is 59.2 Å². The summed E-state index contributed by atoms with van der Waals surface area (Å²) in [4.78, 5) is 1.46. The minimum Gasteiger partial charge on any atom is -0.348 e. The number of nitrogens with zero attached hydrogens (tertiary/aromatic N) is 1. The zero-order chi connectivity index (χ0) is 14.5. The molecule has 0 amide bonds. The van der Waals surface area contributed by atoms with E-state index in [1.54, 1.807) is 44.4 Å². The van der Waals surface area contributed by atoms with Crippen LogP contribution in [0.1, 0.15) is 6.92 Å². The van der Waals surface area contributed by atoms with Crippen LogP contribution in [0.5, 0.6) is 0 Å². The Morgan fingerprint density at radius 1 is 1.26 bits per heavy atom. The number of alkyl halides is 1. The molecule has 0 fully saturated rings. The van der Waals surface area contributed by atoms with Crippen molar-refractivity contribution in [1.29, 1.82) is 0 Å². The second-order valence-corrected chi connectivity index (χ2v) is 5.46. The lowest BCUT2D eigenvalue weighted by Crippen LogP contribution is -2.25. The third-order valence-electron chi connectivity index (χ3n) is 2.45. The average Bonchev–Trinajstić information content (AvgIpc) is 2.37. The number of halogens is 1. The van der Waals surface area contributed by atoms with Crippen LogP contribution in [-0.2, 0) is 10.1 Å². The maximum Gasteiger partial charge on any atom is 0.294 e. The van der Waals surface area contributed by atoms with E-state index in [0.29, 0.717) is 0 Å². The number of hydrogen-bond donors (Lipinski definition) is 1. The number of benzene rings is 1. The molecule has 0 saturated carbocycles. The second-order valence-electron chi connectivity index (χ2n) is 4.04. The van der Waals surface area contributed by atoms with Crippen LogP contribution in [0.3, 0.4) is 0 Å². The van der Waals surface area contributed by atoms with Gasteiger partial charge in [0, 0.05) is 13.2 Å². The Bertz CT molecular complexity index is 567. The lowest BCUT2D eigenvalue weighted by atomic mass is 10.2. The fraction of sp³-hybridized carbons (Fsp3) is 0.231. The molecule has 2 rings (SSSR count). The molecule has 6 heteroatoms. The number of hydrogen-bond acceptors (Lipinski definition) is 3. The molecular weight excluding hydrogens is 269 g/mol. The van der Waals surface area contributed by atoms with Crippen molar-refractivity contribution in [2.75, 3.05) is 7.05 Å². The monoisotopic (exact) mass is 285 g/mol. The first-order valence-electron chi connectivity index (χ1n) is 5.56. The van der Waals surface area contributed by atoms with Gasteiger partial charge in [-0.25, -0.2) is 4.39 Å². The number of allylic oxidation sites excluding steroid dienone is 2. The van der Waals surface area contributed by atoms with Crippen molar-refractivity contribution in [3.05, 3.63) is 54.3 Å². The van der Waals surface area contributed by atoms with E-state index in [9.17, 15) is 12.8 Å². The van der Waals surface area contributed by atoms with Crippen molar-refractivity contribution in [2.45, 2.75) is 18.1 Å². The van der Waals surface area contributed by atoms with Crippen LogP contribution in [0, 0.1) is 0 Å². The van der Waals surface area contributed by atoms with Crippen molar-refractivity contribution in [3.8, 4) is 0 Å². The molecule has 1 N–H and O–H groups in total. The van der Waals surface area contributed by atoms with Gasteiger partial charge >= 0.3 is 0 Å². The van der Waals surface area contributed by atoms with E-state index in [2.05, 4.69) is 0 Å². The van der Waals surface area contributed by atoms with Crippen molar-refractivity contribution >= 4 is 10.1 Å². The molecule has 1 aromatic rings. The summed E-state index contributed by atoms with van der Waals surface area (Å²) < 4.78 is 42.0. The first kappa shape index (κ1) is 15.4. The summed E-state index contributed by atoms with van der Waals surface area (Å²) in [6.07, 6.45) is 4.42. The van der Waals surface area contributed by atoms with Crippen LogP contribution in [0.4, 0.5) is 4.39 Å². The Balaban J connectivity index is 0.000000191. The molecule has 1 aliphatic heterocycles. The van der Waals surface area contributed by atoms with Crippen LogP contribution < -0.4 is 0 Å². The number of rotatable bonds is 1. The highest BCUT2D eigenvalue weighted by Gasteiger charge is 2.12. The summed E-state index contributed by atoms with van der Waals surface area (Å²) in [6.45, 7) is 1.78. The van der Waals surface area contributed by atoms with Gasteiger partial charge in [0.25, 0.3) is 10.1 Å². The van der Waals surface area contributed by atoms with Crippen molar-refractivity contribution < 1.29 is 17.4 Å². The zero-order valence-electron chi connectivity index (χ0n) is 10.7. The van der Waals surface area contributed by atoms with E-state index in [1.165, 1.54) is 17.0 Å². The van der Waals surface area contributed by atoms with Gasteiger partial charge in [0.15, 0.2) is 6.30 Å². The van der Waals surface area contributed by atoms with Gasteiger partial charge in [-0.05, 0) is 30.7 Å².